The molecule has 2 rings (SSSR count). The van der Waals surface area contributed by atoms with Crippen molar-refractivity contribution in [3.8, 4) is 16.9 Å². The second-order valence-corrected chi connectivity index (χ2v) is 5.38. The van der Waals surface area contributed by atoms with E-state index in [1.165, 1.54) is 31.2 Å². The molecule has 0 aliphatic rings. The maximum absolute atomic E-state index is 6.10. The van der Waals surface area contributed by atoms with Gasteiger partial charge in [0.1, 0.15) is 5.75 Å². The van der Waals surface area contributed by atoms with Gasteiger partial charge in [0, 0.05) is 0 Å². The maximum Gasteiger partial charge on any atom is 0.142 e. The van der Waals surface area contributed by atoms with Crippen LogP contribution in [0.3, 0.4) is 0 Å². The van der Waals surface area contributed by atoms with Crippen LogP contribution in [0.15, 0.2) is 48.5 Å². The van der Waals surface area contributed by atoms with Crippen LogP contribution in [0.5, 0.6) is 5.75 Å². The Morgan fingerprint density at radius 3 is 2.33 bits per heavy atom. The number of ether oxygens (including phenoxy) is 1. The first-order valence-corrected chi connectivity index (χ1v) is 7.89. The Labute approximate surface area is 127 Å². The highest BCUT2D eigenvalue weighted by Gasteiger charge is 2.03. The molecule has 0 saturated heterocycles. The van der Waals surface area contributed by atoms with Crippen molar-refractivity contribution in [3.63, 3.8) is 0 Å². The van der Waals surface area contributed by atoms with Crippen molar-refractivity contribution < 1.29 is 4.74 Å². The zero-order valence-electron chi connectivity index (χ0n) is 12.8. The Morgan fingerprint density at radius 2 is 1.62 bits per heavy atom. The van der Waals surface area contributed by atoms with Gasteiger partial charge in [-0.05, 0) is 29.7 Å². The van der Waals surface area contributed by atoms with Crippen molar-refractivity contribution in [1.82, 2.24) is 0 Å². The molecule has 0 aliphatic carbocycles. The minimum Gasteiger partial charge on any atom is -0.491 e. The quantitative estimate of drug-likeness (QED) is 0.528. The highest BCUT2D eigenvalue weighted by Crippen LogP contribution is 2.28. The molecule has 2 nitrogen and oxygen atoms in total. The maximum atomic E-state index is 6.10. The molecule has 0 spiro atoms. The van der Waals surface area contributed by atoms with E-state index in [0.29, 0.717) is 5.69 Å². The van der Waals surface area contributed by atoms with Crippen molar-refractivity contribution in [2.24, 2.45) is 0 Å². The molecule has 112 valence electrons. The number of rotatable bonds is 8. The SMILES string of the molecule is CCCCCCCOc1ccc(-c2ccccc2)cc1N. The fourth-order valence-corrected chi connectivity index (χ4v) is 2.38. The summed E-state index contributed by atoms with van der Waals surface area (Å²) in [6.45, 7) is 2.98. The van der Waals surface area contributed by atoms with Crippen LogP contribution in [0.1, 0.15) is 39.0 Å². The molecule has 21 heavy (non-hydrogen) atoms. The van der Waals surface area contributed by atoms with Crippen molar-refractivity contribution in [1.29, 1.82) is 0 Å². The Balaban J connectivity index is 1.88. The van der Waals surface area contributed by atoms with Crippen LogP contribution in [0, 0.1) is 0 Å². The third-order valence-corrected chi connectivity index (χ3v) is 3.62. The van der Waals surface area contributed by atoms with Gasteiger partial charge < -0.3 is 10.5 Å². The molecule has 0 amide bonds. The molecule has 2 heteroatoms. The fourth-order valence-electron chi connectivity index (χ4n) is 2.38. The largest absolute Gasteiger partial charge is 0.491 e. The number of benzene rings is 2. The third-order valence-electron chi connectivity index (χ3n) is 3.62. The van der Waals surface area contributed by atoms with Crippen molar-refractivity contribution in [3.05, 3.63) is 48.5 Å². The molecule has 0 bridgehead atoms. The molecule has 0 aliphatic heterocycles. The zero-order valence-corrected chi connectivity index (χ0v) is 12.8. The Bertz CT molecular complexity index is 537. The number of hydrogen-bond donors (Lipinski definition) is 1. The number of unbranched alkanes of at least 4 members (excludes halogenated alkanes) is 4. The number of nitrogens with two attached hydrogens (primary N) is 1. The molecule has 0 aromatic heterocycles. The van der Waals surface area contributed by atoms with E-state index < -0.39 is 0 Å². The topological polar surface area (TPSA) is 35.2 Å². The van der Waals surface area contributed by atoms with Crippen molar-refractivity contribution in [2.75, 3.05) is 12.3 Å². The molecule has 2 aromatic rings. The molecule has 0 saturated carbocycles. The van der Waals surface area contributed by atoms with E-state index in [0.717, 1.165) is 24.3 Å². The Hall–Kier alpha value is -1.96. The van der Waals surface area contributed by atoms with E-state index in [1.807, 2.05) is 30.3 Å². The number of hydrogen-bond acceptors (Lipinski definition) is 2. The van der Waals surface area contributed by atoms with Gasteiger partial charge in [0.05, 0.1) is 12.3 Å². The van der Waals surface area contributed by atoms with Crippen LogP contribution in [-0.4, -0.2) is 6.61 Å². The lowest BCUT2D eigenvalue weighted by molar-refractivity contribution is 0.306. The molecule has 0 fully saturated rings. The molecule has 0 heterocycles. The van der Waals surface area contributed by atoms with Gasteiger partial charge in [-0.2, -0.15) is 0 Å². The normalized spacial score (nSPS) is 10.5. The zero-order chi connectivity index (χ0) is 14.9. The molecule has 0 atom stereocenters. The monoisotopic (exact) mass is 283 g/mol. The predicted molar refractivity (Wildman–Crippen MR) is 90.5 cm³/mol. The van der Waals surface area contributed by atoms with Crippen LogP contribution in [0.4, 0.5) is 5.69 Å². The van der Waals surface area contributed by atoms with Gasteiger partial charge in [-0.3, -0.25) is 0 Å². The van der Waals surface area contributed by atoms with Gasteiger partial charge >= 0.3 is 0 Å². The second-order valence-electron chi connectivity index (χ2n) is 5.38. The van der Waals surface area contributed by atoms with Gasteiger partial charge in [0.25, 0.3) is 0 Å². The summed E-state index contributed by atoms with van der Waals surface area (Å²) >= 11 is 0. The van der Waals surface area contributed by atoms with E-state index in [2.05, 4.69) is 25.1 Å². The van der Waals surface area contributed by atoms with Crippen LogP contribution >= 0.6 is 0 Å². The lowest BCUT2D eigenvalue weighted by atomic mass is 10.1. The van der Waals surface area contributed by atoms with Crippen molar-refractivity contribution in [2.45, 2.75) is 39.0 Å². The van der Waals surface area contributed by atoms with Crippen LogP contribution < -0.4 is 10.5 Å². The molecular weight excluding hydrogens is 258 g/mol. The van der Waals surface area contributed by atoms with Crippen LogP contribution in [0.25, 0.3) is 11.1 Å². The van der Waals surface area contributed by atoms with Crippen LogP contribution in [0.2, 0.25) is 0 Å². The lowest BCUT2D eigenvalue weighted by Gasteiger charge is -2.10. The first-order chi connectivity index (χ1) is 10.3. The minimum absolute atomic E-state index is 0.713. The number of nitrogen functional groups attached to an aromatic ring is 1. The van der Waals surface area contributed by atoms with E-state index >= 15 is 0 Å². The minimum atomic E-state index is 0.713. The Kier molecular flexibility index (Phi) is 6.14. The Morgan fingerprint density at radius 1 is 0.857 bits per heavy atom. The number of anilines is 1. The summed E-state index contributed by atoms with van der Waals surface area (Å²) in [5.74, 6) is 0.796. The molecular formula is C19H25NO. The second kappa shape index (κ2) is 8.35. The summed E-state index contributed by atoms with van der Waals surface area (Å²) in [4.78, 5) is 0. The smallest absolute Gasteiger partial charge is 0.142 e. The van der Waals surface area contributed by atoms with E-state index in [4.69, 9.17) is 10.5 Å². The fraction of sp³-hybridized carbons (Fsp3) is 0.368. The molecule has 2 aromatic carbocycles. The highest BCUT2D eigenvalue weighted by atomic mass is 16.5. The third kappa shape index (κ3) is 4.82. The van der Waals surface area contributed by atoms with Gasteiger partial charge in [-0.25, -0.2) is 0 Å². The standard InChI is InChI=1S/C19H25NO/c1-2-3-4-5-9-14-21-19-13-12-17(15-18(19)20)16-10-7-6-8-11-16/h6-8,10-13,15H,2-5,9,14,20H2,1H3. The van der Waals surface area contributed by atoms with Gasteiger partial charge in [-0.1, -0.05) is 69.0 Å². The molecule has 0 unspecified atom stereocenters. The average molecular weight is 283 g/mol. The van der Waals surface area contributed by atoms with Gasteiger partial charge in [-0.15, -0.1) is 0 Å². The average Bonchev–Trinajstić information content (AvgIpc) is 2.53. The van der Waals surface area contributed by atoms with Crippen LogP contribution in [-0.2, 0) is 0 Å². The summed E-state index contributed by atoms with van der Waals surface area (Å²) in [7, 11) is 0. The summed E-state index contributed by atoms with van der Waals surface area (Å²) in [5.41, 5.74) is 9.11. The van der Waals surface area contributed by atoms with Gasteiger partial charge in [0.2, 0.25) is 0 Å². The van der Waals surface area contributed by atoms with E-state index in [9.17, 15) is 0 Å². The summed E-state index contributed by atoms with van der Waals surface area (Å²) in [5, 5.41) is 0. The lowest BCUT2D eigenvalue weighted by Crippen LogP contribution is -2.00. The summed E-state index contributed by atoms with van der Waals surface area (Å²) in [6, 6.07) is 16.3. The molecule has 2 N–H and O–H groups in total. The first kappa shape index (κ1) is 15.4. The predicted octanol–water partition coefficient (Wildman–Crippen LogP) is 5.29. The molecule has 0 radical (unpaired) electrons. The first-order valence-electron chi connectivity index (χ1n) is 7.89. The highest BCUT2D eigenvalue weighted by molar-refractivity contribution is 5.70. The van der Waals surface area contributed by atoms with E-state index in [1.54, 1.807) is 0 Å². The van der Waals surface area contributed by atoms with E-state index in [-0.39, 0.29) is 0 Å². The summed E-state index contributed by atoms with van der Waals surface area (Å²) < 4.78 is 5.78. The summed E-state index contributed by atoms with van der Waals surface area (Å²) in [6.07, 6.45) is 6.21. The van der Waals surface area contributed by atoms with Gasteiger partial charge in [0.15, 0.2) is 0 Å². The van der Waals surface area contributed by atoms with Crippen molar-refractivity contribution >= 4 is 5.69 Å².